The third-order valence-electron chi connectivity index (χ3n) is 2.58. The molecule has 1 aromatic rings. The fourth-order valence-corrected chi connectivity index (χ4v) is 2.18. The van der Waals surface area contributed by atoms with E-state index in [1.54, 1.807) is 6.07 Å². The molecule has 0 aliphatic carbocycles. The smallest absolute Gasteiger partial charge is 0.164 e. The largest absolute Gasteiger partial charge is 0.394 e. The molecule has 0 amide bonds. The molecule has 3 nitrogen and oxygen atoms in total. The fourth-order valence-electron chi connectivity index (χ4n) is 1.94. The van der Waals surface area contributed by atoms with E-state index >= 15 is 0 Å². The van der Waals surface area contributed by atoms with Gasteiger partial charge in [-0.25, -0.2) is 0 Å². The van der Waals surface area contributed by atoms with Gasteiger partial charge in [-0.15, -0.1) is 0 Å². The second kappa shape index (κ2) is 4.34. The summed E-state index contributed by atoms with van der Waals surface area (Å²) in [5.74, 6) is -0.683. The van der Waals surface area contributed by atoms with Gasteiger partial charge in [0.2, 0.25) is 0 Å². The van der Waals surface area contributed by atoms with E-state index in [1.807, 2.05) is 32.0 Å². The molecule has 4 heteroatoms. The monoisotopic (exact) mass is 242 g/mol. The van der Waals surface area contributed by atoms with Crippen LogP contribution in [0.25, 0.3) is 0 Å². The second-order valence-corrected chi connectivity index (χ2v) is 4.71. The van der Waals surface area contributed by atoms with Gasteiger partial charge in [0.1, 0.15) is 12.2 Å². The first-order valence-electron chi connectivity index (χ1n) is 5.24. The van der Waals surface area contributed by atoms with Crippen LogP contribution >= 0.6 is 11.6 Å². The van der Waals surface area contributed by atoms with Crippen molar-refractivity contribution in [2.45, 2.75) is 31.8 Å². The van der Waals surface area contributed by atoms with Crippen LogP contribution in [-0.2, 0) is 9.47 Å². The maximum absolute atomic E-state index is 9.27. The van der Waals surface area contributed by atoms with E-state index in [2.05, 4.69) is 0 Å². The Bertz CT molecular complexity index is 378. The highest BCUT2D eigenvalue weighted by Gasteiger charge is 2.42. The van der Waals surface area contributed by atoms with Crippen LogP contribution in [0.15, 0.2) is 24.3 Å². The molecule has 88 valence electrons. The summed E-state index contributed by atoms with van der Waals surface area (Å²) < 4.78 is 11.3. The zero-order valence-corrected chi connectivity index (χ0v) is 10.1. The number of halogens is 1. The summed E-state index contributed by atoms with van der Waals surface area (Å²) >= 11 is 6.10. The average Bonchev–Trinajstić information content (AvgIpc) is 2.54. The molecule has 0 radical (unpaired) electrons. The van der Waals surface area contributed by atoms with Crippen LogP contribution in [0.3, 0.4) is 0 Å². The van der Waals surface area contributed by atoms with Gasteiger partial charge in [-0.05, 0) is 19.9 Å². The van der Waals surface area contributed by atoms with Gasteiger partial charge in [0.05, 0.1) is 6.61 Å². The first-order chi connectivity index (χ1) is 7.53. The molecule has 0 aromatic heterocycles. The molecule has 1 heterocycles. The quantitative estimate of drug-likeness (QED) is 0.866. The van der Waals surface area contributed by atoms with Crippen molar-refractivity contribution < 1.29 is 14.6 Å². The van der Waals surface area contributed by atoms with Gasteiger partial charge in [0.25, 0.3) is 0 Å². The van der Waals surface area contributed by atoms with Crippen molar-refractivity contribution in [3.8, 4) is 0 Å². The number of aliphatic hydroxyl groups excluding tert-OH is 1. The van der Waals surface area contributed by atoms with Crippen molar-refractivity contribution in [2.75, 3.05) is 6.61 Å². The molecular weight excluding hydrogens is 228 g/mol. The van der Waals surface area contributed by atoms with E-state index in [0.29, 0.717) is 5.02 Å². The third kappa shape index (κ3) is 2.23. The van der Waals surface area contributed by atoms with Crippen LogP contribution in [0.1, 0.15) is 25.5 Å². The minimum absolute atomic E-state index is 0.0840. The number of benzene rings is 1. The average molecular weight is 243 g/mol. The lowest BCUT2D eigenvalue weighted by Gasteiger charge is -2.17. The Morgan fingerprint density at radius 2 is 2.00 bits per heavy atom. The lowest BCUT2D eigenvalue weighted by molar-refractivity contribution is -0.149. The van der Waals surface area contributed by atoms with E-state index in [1.165, 1.54) is 0 Å². The minimum atomic E-state index is -0.683. The van der Waals surface area contributed by atoms with Crippen LogP contribution in [0, 0.1) is 0 Å². The molecule has 2 rings (SSSR count). The Kier molecular flexibility index (Phi) is 3.22. The standard InChI is InChI=1S/C12H15ClO3/c1-12(2)15-10(7-14)11(16-12)8-5-3-4-6-9(8)13/h3-6,10-11,14H,7H2,1-2H3/t10-,11+/m1/s1. The highest BCUT2D eigenvalue weighted by molar-refractivity contribution is 6.31. The van der Waals surface area contributed by atoms with E-state index in [-0.39, 0.29) is 18.8 Å². The Hall–Kier alpha value is -0.610. The van der Waals surface area contributed by atoms with E-state index in [9.17, 15) is 5.11 Å². The van der Waals surface area contributed by atoms with E-state index in [4.69, 9.17) is 21.1 Å². The van der Waals surface area contributed by atoms with E-state index < -0.39 is 5.79 Å². The fraction of sp³-hybridized carbons (Fsp3) is 0.500. The third-order valence-corrected chi connectivity index (χ3v) is 2.92. The maximum atomic E-state index is 9.27. The molecule has 16 heavy (non-hydrogen) atoms. The van der Waals surface area contributed by atoms with Crippen molar-refractivity contribution in [1.29, 1.82) is 0 Å². The van der Waals surface area contributed by atoms with Gasteiger partial charge in [-0.1, -0.05) is 29.8 Å². The van der Waals surface area contributed by atoms with Crippen molar-refractivity contribution in [3.63, 3.8) is 0 Å². The summed E-state index contributed by atoms with van der Waals surface area (Å²) in [4.78, 5) is 0. The molecule has 1 saturated heterocycles. The van der Waals surface area contributed by atoms with Gasteiger partial charge in [0, 0.05) is 10.6 Å². The predicted molar refractivity (Wildman–Crippen MR) is 61.3 cm³/mol. The first-order valence-corrected chi connectivity index (χ1v) is 5.62. The zero-order chi connectivity index (χ0) is 11.8. The predicted octanol–water partition coefficient (Wildman–Crippen LogP) is 2.52. The lowest BCUT2D eigenvalue weighted by Crippen LogP contribution is -2.23. The van der Waals surface area contributed by atoms with Gasteiger partial charge in [-0.2, -0.15) is 0 Å². The van der Waals surface area contributed by atoms with E-state index in [0.717, 1.165) is 5.56 Å². The van der Waals surface area contributed by atoms with Crippen molar-refractivity contribution in [3.05, 3.63) is 34.9 Å². The number of ether oxygens (including phenoxy) is 2. The molecule has 0 saturated carbocycles. The summed E-state index contributed by atoms with van der Waals surface area (Å²) in [7, 11) is 0. The number of aliphatic hydroxyl groups is 1. The normalized spacial score (nSPS) is 28.2. The Morgan fingerprint density at radius 1 is 1.31 bits per heavy atom. The van der Waals surface area contributed by atoms with Gasteiger partial charge < -0.3 is 14.6 Å². The Labute approximate surface area is 99.9 Å². The molecule has 0 bridgehead atoms. The Morgan fingerprint density at radius 3 is 2.62 bits per heavy atom. The Balaban J connectivity index is 2.30. The number of hydrogen-bond donors (Lipinski definition) is 1. The van der Waals surface area contributed by atoms with Crippen LogP contribution in [0.5, 0.6) is 0 Å². The van der Waals surface area contributed by atoms with Crippen molar-refractivity contribution >= 4 is 11.6 Å². The molecule has 1 N–H and O–H groups in total. The van der Waals surface area contributed by atoms with Crippen LogP contribution in [-0.4, -0.2) is 23.6 Å². The molecule has 2 atom stereocenters. The highest BCUT2D eigenvalue weighted by atomic mass is 35.5. The summed E-state index contributed by atoms with van der Waals surface area (Å²) in [6.45, 7) is 3.57. The molecule has 1 aliphatic heterocycles. The van der Waals surface area contributed by atoms with Gasteiger partial charge in [-0.3, -0.25) is 0 Å². The molecular formula is C12H15ClO3. The topological polar surface area (TPSA) is 38.7 Å². The molecule has 1 aromatic carbocycles. The molecule has 0 spiro atoms. The summed E-state index contributed by atoms with van der Waals surface area (Å²) in [6, 6.07) is 7.45. The van der Waals surface area contributed by atoms with Crippen LogP contribution in [0.4, 0.5) is 0 Å². The van der Waals surface area contributed by atoms with Gasteiger partial charge in [0.15, 0.2) is 5.79 Å². The minimum Gasteiger partial charge on any atom is -0.394 e. The van der Waals surface area contributed by atoms with Crippen molar-refractivity contribution in [2.24, 2.45) is 0 Å². The first kappa shape index (κ1) is 11.9. The summed E-state index contributed by atoms with van der Waals surface area (Å²) in [5.41, 5.74) is 0.855. The van der Waals surface area contributed by atoms with Crippen molar-refractivity contribution in [1.82, 2.24) is 0 Å². The molecule has 1 aliphatic rings. The summed E-state index contributed by atoms with van der Waals surface area (Å²) in [6.07, 6.45) is -0.677. The van der Waals surface area contributed by atoms with Gasteiger partial charge >= 0.3 is 0 Å². The second-order valence-electron chi connectivity index (χ2n) is 4.30. The molecule has 1 fully saturated rings. The van der Waals surface area contributed by atoms with Crippen LogP contribution in [0.2, 0.25) is 5.02 Å². The highest BCUT2D eigenvalue weighted by Crippen LogP contribution is 2.40. The lowest BCUT2D eigenvalue weighted by atomic mass is 10.1. The molecule has 0 unspecified atom stereocenters. The zero-order valence-electron chi connectivity index (χ0n) is 9.31. The number of rotatable bonds is 2. The summed E-state index contributed by atoms with van der Waals surface area (Å²) in [5, 5.41) is 9.90. The maximum Gasteiger partial charge on any atom is 0.164 e. The SMILES string of the molecule is CC1(C)O[C@H](CO)[C@H](c2ccccc2Cl)O1. The number of hydrogen-bond acceptors (Lipinski definition) is 3. The van der Waals surface area contributed by atoms with Crippen LogP contribution < -0.4 is 0 Å².